The highest BCUT2D eigenvalue weighted by Gasteiger charge is 2.22. The van der Waals surface area contributed by atoms with E-state index in [-0.39, 0.29) is 26.9 Å². The van der Waals surface area contributed by atoms with Crippen molar-refractivity contribution in [2.45, 2.75) is 11.1 Å². The number of aryl methyl sites for hydroxylation is 1. The Kier molecular flexibility index (Phi) is 3.97. The van der Waals surface area contributed by atoms with Crippen molar-refractivity contribution in [3.63, 3.8) is 0 Å². The lowest BCUT2D eigenvalue weighted by molar-refractivity contribution is 0.397. The fourth-order valence-corrected chi connectivity index (χ4v) is 3.78. The number of hydrogen-bond donors (Lipinski definition) is 2. The van der Waals surface area contributed by atoms with E-state index in [2.05, 4.69) is 19.7 Å². The van der Waals surface area contributed by atoms with E-state index in [9.17, 15) is 13.2 Å². The number of H-pyrrole nitrogens is 1. The number of rotatable bonds is 4. The summed E-state index contributed by atoms with van der Waals surface area (Å²) in [6.45, 7) is 1.48. The number of anilines is 1. The number of aromatic nitrogens is 3. The molecule has 108 valence electrons. The molecule has 0 fully saturated rings. The summed E-state index contributed by atoms with van der Waals surface area (Å²) in [5.41, 5.74) is 0.237. The predicted molar refractivity (Wildman–Crippen MR) is 74.1 cm³/mol. The first-order valence-electron chi connectivity index (χ1n) is 5.13. The van der Waals surface area contributed by atoms with Gasteiger partial charge in [0.25, 0.3) is 10.0 Å². The van der Waals surface area contributed by atoms with E-state index in [4.69, 9.17) is 16.3 Å². The molecule has 0 saturated heterocycles. The Bertz CT molecular complexity index is 799. The van der Waals surface area contributed by atoms with E-state index in [1.807, 2.05) is 0 Å². The van der Waals surface area contributed by atoms with Crippen LogP contribution >= 0.6 is 22.9 Å². The van der Waals surface area contributed by atoms with Crippen LogP contribution in [0.25, 0.3) is 0 Å². The maximum atomic E-state index is 12.1. The molecule has 2 N–H and O–H groups in total. The molecule has 8 nitrogen and oxygen atoms in total. The van der Waals surface area contributed by atoms with Crippen LogP contribution in [0.4, 0.5) is 5.95 Å². The summed E-state index contributed by atoms with van der Waals surface area (Å²) < 4.78 is 31.1. The molecule has 0 unspecified atom stereocenters. The van der Waals surface area contributed by atoms with Crippen LogP contribution in [0, 0.1) is 6.92 Å². The van der Waals surface area contributed by atoms with Gasteiger partial charge < -0.3 is 9.72 Å². The molecule has 0 aliphatic rings. The zero-order valence-corrected chi connectivity index (χ0v) is 12.7. The summed E-state index contributed by atoms with van der Waals surface area (Å²) in [5.74, 6) is -0.128. The molecule has 2 heterocycles. The zero-order chi connectivity index (χ0) is 14.9. The van der Waals surface area contributed by atoms with E-state index < -0.39 is 14.9 Å². The first-order chi connectivity index (χ1) is 9.31. The molecule has 0 atom stereocenters. The highest BCUT2D eigenvalue weighted by Crippen LogP contribution is 2.21. The molecular weight excluding hydrogens is 328 g/mol. The van der Waals surface area contributed by atoms with Crippen molar-refractivity contribution < 1.29 is 13.2 Å². The van der Waals surface area contributed by atoms with Gasteiger partial charge in [-0.3, -0.25) is 4.79 Å². The normalized spacial score (nSPS) is 11.3. The largest absolute Gasteiger partial charge is 0.481 e. The topological polar surface area (TPSA) is 114 Å². The average molecular weight is 337 g/mol. The molecule has 0 spiro atoms. The van der Waals surface area contributed by atoms with Crippen molar-refractivity contribution in [1.82, 2.24) is 15.0 Å². The van der Waals surface area contributed by atoms with Crippen molar-refractivity contribution in [2.24, 2.45) is 0 Å². The Labute approximate surface area is 122 Å². The van der Waals surface area contributed by atoms with Gasteiger partial charge in [-0.15, -0.1) is 0 Å². The van der Waals surface area contributed by atoms with Crippen LogP contribution in [0.15, 0.2) is 15.1 Å². The Morgan fingerprint density at radius 3 is 2.70 bits per heavy atom. The third kappa shape index (κ3) is 3.08. The van der Waals surface area contributed by atoms with Crippen LogP contribution in [0.1, 0.15) is 5.69 Å². The molecule has 11 heteroatoms. The summed E-state index contributed by atoms with van der Waals surface area (Å²) >= 11 is 6.29. The highest BCUT2D eigenvalue weighted by molar-refractivity contribution is 7.94. The second-order valence-corrected chi connectivity index (χ2v) is 6.84. The zero-order valence-electron chi connectivity index (χ0n) is 10.3. The monoisotopic (exact) mass is 336 g/mol. The lowest BCUT2D eigenvalue weighted by Crippen LogP contribution is -2.15. The Morgan fingerprint density at radius 2 is 2.15 bits per heavy atom. The number of methoxy groups -OCH3 is 1. The van der Waals surface area contributed by atoms with Gasteiger partial charge in [0.2, 0.25) is 11.8 Å². The van der Waals surface area contributed by atoms with Gasteiger partial charge in [-0.05, 0) is 6.92 Å². The fourth-order valence-electron chi connectivity index (χ4n) is 1.36. The first kappa shape index (κ1) is 14.8. The molecular formula is C9H9ClN4O4S2. The van der Waals surface area contributed by atoms with E-state index in [1.165, 1.54) is 20.1 Å². The predicted octanol–water partition coefficient (Wildman–Crippen LogP) is 0.998. The SMILES string of the molecule is COc1cc(Cl)nc(NS(=O)(=O)c2sc(=O)[nH]c2C)n1. The van der Waals surface area contributed by atoms with E-state index in [0.717, 1.165) is 0 Å². The lowest BCUT2D eigenvalue weighted by atomic mass is 10.6. The molecule has 0 bridgehead atoms. The fraction of sp³-hybridized carbons (Fsp3) is 0.222. The van der Waals surface area contributed by atoms with Gasteiger partial charge in [0.05, 0.1) is 7.11 Å². The average Bonchev–Trinajstić information content (AvgIpc) is 2.67. The number of ether oxygens (including phenoxy) is 1. The highest BCUT2D eigenvalue weighted by atomic mass is 35.5. The van der Waals surface area contributed by atoms with Crippen LogP contribution in [0.3, 0.4) is 0 Å². The van der Waals surface area contributed by atoms with Crippen LogP contribution in [-0.4, -0.2) is 30.5 Å². The van der Waals surface area contributed by atoms with Crippen molar-refractivity contribution in [3.05, 3.63) is 26.6 Å². The molecule has 0 aromatic carbocycles. The second-order valence-electron chi connectivity index (χ2n) is 3.59. The molecule has 2 aromatic rings. The number of hydrogen-bond acceptors (Lipinski definition) is 7. The molecule has 0 aliphatic carbocycles. The van der Waals surface area contributed by atoms with Gasteiger partial charge in [-0.1, -0.05) is 22.9 Å². The molecule has 2 aromatic heterocycles. The van der Waals surface area contributed by atoms with Crippen molar-refractivity contribution >= 4 is 38.9 Å². The van der Waals surface area contributed by atoms with Crippen LogP contribution in [0.2, 0.25) is 5.15 Å². The number of halogens is 1. The standard InChI is InChI=1S/C9H9ClN4O4S2/c1-4-7(19-9(15)11-4)20(16,17)14-8-12-5(10)3-6(13-8)18-2/h3H,1-2H3,(H,11,15)(H,12,13,14). The van der Waals surface area contributed by atoms with E-state index in [1.54, 1.807) is 0 Å². The van der Waals surface area contributed by atoms with E-state index >= 15 is 0 Å². The molecule has 2 rings (SSSR count). The number of nitrogens with zero attached hydrogens (tertiary/aromatic N) is 2. The minimum Gasteiger partial charge on any atom is -0.481 e. The van der Waals surface area contributed by atoms with Gasteiger partial charge in [0.15, 0.2) is 4.21 Å². The number of thiazole rings is 1. The summed E-state index contributed by atoms with van der Waals surface area (Å²) in [6, 6.07) is 1.33. The minimum atomic E-state index is -3.97. The quantitative estimate of drug-likeness (QED) is 0.805. The van der Waals surface area contributed by atoms with Crippen LogP contribution < -0.4 is 14.3 Å². The third-order valence-corrected chi connectivity index (χ3v) is 5.26. The van der Waals surface area contributed by atoms with Crippen molar-refractivity contribution in [1.29, 1.82) is 0 Å². The summed E-state index contributed by atoms with van der Waals surface area (Å²) in [4.78, 5) is 20.6. The number of nitrogens with one attached hydrogen (secondary N) is 2. The van der Waals surface area contributed by atoms with Gasteiger partial charge in [-0.25, -0.2) is 18.1 Å². The molecule has 0 aliphatic heterocycles. The van der Waals surface area contributed by atoms with Crippen molar-refractivity contribution in [3.8, 4) is 5.88 Å². The van der Waals surface area contributed by atoms with Crippen LogP contribution in [0.5, 0.6) is 5.88 Å². The number of sulfonamides is 1. The third-order valence-electron chi connectivity index (χ3n) is 2.13. The maximum Gasteiger partial charge on any atom is 0.306 e. The summed E-state index contributed by atoms with van der Waals surface area (Å²) in [6.07, 6.45) is 0. The Hall–Kier alpha value is -1.65. The maximum absolute atomic E-state index is 12.1. The Balaban J connectivity index is 2.40. The van der Waals surface area contributed by atoms with Crippen molar-refractivity contribution in [2.75, 3.05) is 11.8 Å². The van der Waals surface area contributed by atoms with E-state index in [0.29, 0.717) is 11.3 Å². The minimum absolute atomic E-state index is 0.0218. The molecule has 20 heavy (non-hydrogen) atoms. The molecule has 0 saturated carbocycles. The smallest absolute Gasteiger partial charge is 0.306 e. The summed E-state index contributed by atoms with van der Waals surface area (Å²) in [5, 5.41) is 0.0218. The van der Waals surface area contributed by atoms with Gasteiger partial charge in [0.1, 0.15) is 5.15 Å². The van der Waals surface area contributed by atoms with Gasteiger partial charge in [0, 0.05) is 11.8 Å². The van der Waals surface area contributed by atoms with Gasteiger partial charge in [-0.2, -0.15) is 4.98 Å². The second kappa shape index (κ2) is 5.38. The molecule has 0 amide bonds. The van der Waals surface area contributed by atoms with Crippen LogP contribution in [-0.2, 0) is 10.0 Å². The first-order valence-corrected chi connectivity index (χ1v) is 7.80. The lowest BCUT2D eigenvalue weighted by Gasteiger charge is -2.06. The van der Waals surface area contributed by atoms with Gasteiger partial charge >= 0.3 is 4.87 Å². The summed E-state index contributed by atoms with van der Waals surface area (Å²) in [7, 11) is -2.61. The Morgan fingerprint density at radius 1 is 1.45 bits per heavy atom. The molecule has 0 radical (unpaired) electrons. The number of aromatic amines is 1.